The summed E-state index contributed by atoms with van der Waals surface area (Å²) in [7, 11) is 2.83. The van der Waals surface area contributed by atoms with Crippen LogP contribution in [0, 0.1) is 0 Å². The Morgan fingerprint density at radius 1 is 1.15 bits per heavy atom. The molecule has 0 saturated carbocycles. The third kappa shape index (κ3) is 5.60. The highest BCUT2D eigenvalue weighted by molar-refractivity contribution is 8.18. The number of halogens is 4. The minimum atomic E-state index is -4.58. The topological polar surface area (TPSA) is 84.9 Å². The summed E-state index contributed by atoms with van der Waals surface area (Å²) >= 11 is 6.73. The molecule has 12 heteroatoms. The van der Waals surface area contributed by atoms with Gasteiger partial charge in [-0.3, -0.25) is 19.3 Å². The molecule has 7 nitrogen and oxygen atoms in total. The van der Waals surface area contributed by atoms with Gasteiger partial charge in [0.25, 0.3) is 11.1 Å². The van der Waals surface area contributed by atoms with Gasteiger partial charge in [-0.25, -0.2) is 0 Å². The highest BCUT2D eigenvalue weighted by atomic mass is 35.5. The predicted molar refractivity (Wildman–Crippen MR) is 117 cm³/mol. The van der Waals surface area contributed by atoms with Crippen LogP contribution in [0.1, 0.15) is 11.1 Å². The van der Waals surface area contributed by atoms with Crippen LogP contribution in [0.15, 0.2) is 41.3 Å². The fourth-order valence-electron chi connectivity index (χ4n) is 2.89. The van der Waals surface area contributed by atoms with Gasteiger partial charge in [0, 0.05) is 17.3 Å². The number of imide groups is 1. The molecule has 2 aromatic rings. The zero-order valence-corrected chi connectivity index (χ0v) is 18.7. The fourth-order valence-corrected chi connectivity index (χ4v) is 3.97. The van der Waals surface area contributed by atoms with Crippen LogP contribution in [0.4, 0.5) is 23.7 Å². The molecule has 0 aliphatic carbocycles. The van der Waals surface area contributed by atoms with Crippen LogP contribution in [0.5, 0.6) is 11.5 Å². The number of hydrogen-bond donors (Lipinski definition) is 1. The van der Waals surface area contributed by atoms with E-state index in [2.05, 4.69) is 5.32 Å². The van der Waals surface area contributed by atoms with E-state index in [-0.39, 0.29) is 15.6 Å². The lowest BCUT2D eigenvalue weighted by Gasteiger charge is -2.13. The number of carbonyl (C=O) groups is 3. The Kier molecular flexibility index (Phi) is 7.23. The molecular weight excluding hydrogens is 485 g/mol. The molecule has 33 heavy (non-hydrogen) atoms. The molecular formula is C21H16ClF3N2O5S. The van der Waals surface area contributed by atoms with Crippen molar-refractivity contribution in [3.8, 4) is 11.5 Å². The Labute approximate surface area is 195 Å². The minimum Gasteiger partial charge on any atom is -0.496 e. The molecule has 1 aliphatic heterocycles. The number of nitrogens with one attached hydrogen (secondary N) is 1. The summed E-state index contributed by atoms with van der Waals surface area (Å²) in [6.07, 6.45) is -3.19. The summed E-state index contributed by atoms with van der Waals surface area (Å²) in [5.41, 5.74) is -0.654. The largest absolute Gasteiger partial charge is 0.496 e. The van der Waals surface area contributed by atoms with Crippen molar-refractivity contribution in [3.63, 3.8) is 0 Å². The monoisotopic (exact) mass is 500 g/mol. The van der Waals surface area contributed by atoms with Crippen molar-refractivity contribution >= 4 is 52.2 Å². The number of methoxy groups -OCH3 is 2. The van der Waals surface area contributed by atoms with Crippen LogP contribution < -0.4 is 14.8 Å². The van der Waals surface area contributed by atoms with E-state index in [0.717, 1.165) is 18.2 Å². The van der Waals surface area contributed by atoms with E-state index >= 15 is 0 Å². The Balaban J connectivity index is 1.76. The van der Waals surface area contributed by atoms with Crippen molar-refractivity contribution in [1.29, 1.82) is 0 Å². The second-order valence-electron chi connectivity index (χ2n) is 6.62. The average Bonchev–Trinajstić information content (AvgIpc) is 3.01. The number of alkyl halides is 3. The average molecular weight is 501 g/mol. The van der Waals surface area contributed by atoms with Crippen LogP contribution in [0.25, 0.3) is 6.08 Å². The number of carbonyl (C=O) groups excluding carboxylic acids is 3. The lowest BCUT2D eigenvalue weighted by atomic mass is 10.1. The van der Waals surface area contributed by atoms with E-state index in [1.54, 1.807) is 0 Å². The molecule has 0 atom stereocenters. The van der Waals surface area contributed by atoms with E-state index in [1.165, 1.54) is 38.5 Å². The maximum absolute atomic E-state index is 12.8. The summed E-state index contributed by atoms with van der Waals surface area (Å²) in [5, 5.41) is 1.81. The zero-order chi connectivity index (χ0) is 24.3. The van der Waals surface area contributed by atoms with Crippen LogP contribution in [-0.4, -0.2) is 42.7 Å². The van der Waals surface area contributed by atoms with E-state index in [0.29, 0.717) is 33.7 Å². The maximum atomic E-state index is 12.8. The van der Waals surface area contributed by atoms with Crippen molar-refractivity contribution in [2.45, 2.75) is 6.18 Å². The van der Waals surface area contributed by atoms with Gasteiger partial charge in [0.1, 0.15) is 18.0 Å². The van der Waals surface area contributed by atoms with Crippen molar-refractivity contribution in [3.05, 3.63) is 57.5 Å². The summed E-state index contributed by atoms with van der Waals surface area (Å²) in [6.45, 7) is -0.668. The lowest BCUT2D eigenvalue weighted by molar-refractivity contribution is -0.137. The zero-order valence-electron chi connectivity index (χ0n) is 17.2. The molecule has 3 rings (SSSR count). The molecule has 1 aliphatic rings. The number of ether oxygens (including phenoxy) is 2. The van der Waals surface area contributed by atoms with Crippen molar-refractivity contribution < 1.29 is 37.0 Å². The van der Waals surface area contributed by atoms with Gasteiger partial charge >= 0.3 is 6.18 Å². The summed E-state index contributed by atoms with van der Waals surface area (Å²) in [6, 6.07) is 7.02. The van der Waals surface area contributed by atoms with Gasteiger partial charge < -0.3 is 14.8 Å². The van der Waals surface area contributed by atoms with E-state index in [1.807, 2.05) is 0 Å². The maximum Gasteiger partial charge on any atom is 0.416 e. The second-order valence-corrected chi connectivity index (χ2v) is 8.02. The van der Waals surface area contributed by atoms with Crippen LogP contribution in [0.2, 0.25) is 5.02 Å². The predicted octanol–water partition coefficient (Wildman–Crippen LogP) is 5.05. The van der Waals surface area contributed by atoms with Crippen molar-refractivity contribution in [2.24, 2.45) is 0 Å². The van der Waals surface area contributed by atoms with E-state index < -0.39 is 35.3 Å². The van der Waals surface area contributed by atoms with Gasteiger partial charge in [-0.15, -0.1) is 0 Å². The quantitative estimate of drug-likeness (QED) is 0.559. The molecule has 1 N–H and O–H groups in total. The van der Waals surface area contributed by atoms with Crippen molar-refractivity contribution in [1.82, 2.24) is 4.90 Å². The highest BCUT2D eigenvalue weighted by Gasteiger charge is 2.37. The molecule has 1 heterocycles. The molecule has 2 aromatic carbocycles. The number of nitrogens with zero attached hydrogens (tertiary/aromatic N) is 1. The molecule has 1 saturated heterocycles. The molecule has 0 aromatic heterocycles. The fraction of sp³-hybridized carbons (Fsp3) is 0.190. The second kappa shape index (κ2) is 9.75. The third-order valence-electron chi connectivity index (χ3n) is 4.44. The summed E-state index contributed by atoms with van der Waals surface area (Å²) in [4.78, 5) is 38.0. The number of rotatable bonds is 6. The molecule has 0 bridgehead atoms. The Morgan fingerprint density at radius 3 is 2.48 bits per heavy atom. The van der Waals surface area contributed by atoms with E-state index in [9.17, 15) is 27.6 Å². The number of thioether (sulfide) groups is 1. The SMILES string of the molecule is COc1cc(OC)c(/C=C2\SC(=O)N(CC(=O)Nc3cccc(C(F)(F)F)c3)C2=O)cc1Cl. The highest BCUT2D eigenvalue weighted by Crippen LogP contribution is 2.37. The van der Waals surface area contributed by atoms with Gasteiger partial charge in [0.05, 0.1) is 29.7 Å². The first-order chi connectivity index (χ1) is 15.5. The normalized spacial score (nSPS) is 15.2. The van der Waals surface area contributed by atoms with Gasteiger partial charge in [0.2, 0.25) is 5.91 Å². The van der Waals surface area contributed by atoms with Crippen LogP contribution in [0.3, 0.4) is 0 Å². The van der Waals surface area contributed by atoms with Crippen molar-refractivity contribution in [2.75, 3.05) is 26.1 Å². The summed E-state index contributed by atoms with van der Waals surface area (Å²) < 4.78 is 48.9. The van der Waals surface area contributed by atoms with E-state index in [4.69, 9.17) is 21.1 Å². The molecule has 3 amide bonds. The summed E-state index contributed by atoms with van der Waals surface area (Å²) in [5.74, 6) is -0.878. The first kappa shape index (κ1) is 24.5. The standard InChI is InChI=1S/C21H16ClF3N2O5S/c1-31-15-9-16(32-2)14(22)6-11(15)7-17-19(29)27(20(30)33-17)10-18(28)26-13-5-3-4-12(8-13)21(23,24)25/h3-9H,10H2,1-2H3,(H,26,28)/b17-7-. The molecule has 174 valence electrons. The molecule has 1 fully saturated rings. The van der Waals surface area contributed by atoms with Gasteiger partial charge in [-0.2, -0.15) is 13.2 Å². The first-order valence-corrected chi connectivity index (χ1v) is 10.4. The minimum absolute atomic E-state index is 0.0198. The number of hydrogen-bond acceptors (Lipinski definition) is 6. The number of anilines is 1. The third-order valence-corrected chi connectivity index (χ3v) is 5.64. The lowest BCUT2D eigenvalue weighted by Crippen LogP contribution is -2.36. The van der Waals surface area contributed by atoms with Crippen LogP contribution in [-0.2, 0) is 15.8 Å². The van der Waals surface area contributed by atoms with Gasteiger partial charge in [-0.05, 0) is 42.1 Å². The number of benzene rings is 2. The Bertz CT molecular complexity index is 1150. The van der Waals surface area contributed by atoms with Gasteiger partial charge in [0.15, 0.2) is 0 Å². The first-order valence-electron chi connectivity index (χ1n) is 9.17. The molecule has 0 radical (unpaired) electrons. The Hall–Kier alpha value is -3.18. The van der Waals surface area contributed by atoms with Crippen LogP contribution >= 0.6 is 23.4 Å². The Morgan fingerprint density at radius 2 is 1.85 bits per heavy atom. The molecule has 0 unspecified atom stereocenters. The number of amides is 3. The molecule has 0 spiro atoms. The smallest absolute Gasteiger partial charge is 0.416 e. The van der Waals surface area contributed by atoms with Gasteiger partial charge in [-0.1, -0.05) is 17.7 Å².